The quantitative estimate of drug-likeness (QED) is 0.293. The Kier molecular flexibility index (Phi) is 5.15. The van der Waals surface area contributed by atoms with Gasteiger partial charge in [-0.3, -0.25) is 9.97 Å². The second-order valence-corrected chi connectivity index (χ2v) is 8.19. The lowest BCUT2D eigenvalue weighted by Crippen LogP contribution is -2.02. The molecule has 0 bridgehead atoms. The number of fused-ring (bicyclic) bond motifs is 1. The number of halogens is 1. The molecule has 0 atom stereocenters. The Morgan fingerprint density at radius 3 is 2.67 bits per heavy atom. The van der Waals surface area contributed by atoms with E-state index >= 15 is 0 Å². The van der Waals surface area contributed by atoms with Gasteiger partial charge in [0.2, 0.25) is 0 Å². The highest BCUT2D eigenvalue weighted by Gasteiger charge is 2.10. The fourth-order valence-electron chi connectivity index (χ4n) is 3.47. The molecule has 0 saturated carbocycles. The monoisotopic (exact) mass is 503 g/mol. The summed E-state index contributed by atoms with van der Waals surface area (Å²) in [5.41, 5.74) is 6.11. The van der Waals surface area contributed by atoms with Crippen LogP contribution in [0.2, 0.25) is 0 Å². The molecule has 5 aromatic rings. The fourth-order valence-corrected chi connectivity index (χ4v) is 3.96. The lowest BCUT2D eigenvalue weighted by atomic mass is 10.1. The molecule has 0 fully saturated rings. The number of nitrogens with one attached hydrogen (secondary N) is 2. The van der Waals surface area contributed by atoms with E-state index in [2.05, 4.69) is 79.3 Å². The Hall–Kier alpha value is -3.26. The average Bonchev–Trinajstić information content (AvgIpc) is 3.21. The van der Waals surface area contributed by atoms with Gasteiger partial charge in [0.05, 0.1) is 11.4 Å². The van der Waals surface area contributed by atoms with Crippen LogP contribution < -0.4 is 5.32 Å². The van der Waals surface area contributed by atoms with Crippen molar-refractivity contribution < 1.29 is 0 Å². The molecule has 0 unspecified atom stereocenters. The van der Waals surface area contributed by atoms with Crippen molar-refractivity contribution in [2.24, 2.45) is 0 Å². The van der Waals surface area contributed by atoms with Crippen molar-refractivity contribution >= 4 is 39.3 Å². The van der Waals surface area contributed by atoms with Crippen LogP contribution in [0.1, 0.15) is 5.56 Å². The van der Waals surface area contributed by atoms with E-state index in [4.69, 9.17) is 4.98 Å². The van der Waals surface area contributed by atoms with E-state index in [0.717, 1.165) is 37.4 Å². The first-order chi connectivity index (χ1) is 14.8. The van der Waals surface area contributed by atoms with Crippen molar-refractivity contribution in [2.45, 2.75) is 6.54 Å². The molecule has 0 saturated heterocycles. The van der Waals surface area contributed by atoms with E-state index in [1.807, 2.05) is 42.9 Å². The van der Waals surface area contributed by atoms with Crippen LogP contribution in [0, 0.1) is 3.57 Å². The van der Waals surface area contributed by atoms with E-state index in [1.165, 1.54) is 10.9 Å². The molecule has 2 N–H and O–H groups in total. The zero-order chi connectivity index (χ0) is 20.3. The normalized spacial score (nSPS) is 11.0. The standard InChI is InChI=1S/C24H18IN5/c25-19-9-17(12-26-15-19)16-10-23(22-7-3-4-8-27-22)30-24(11-16)29-14-18-13-28-21-6-2-1-5-20(18)21/h1-13,15,28H,14H2,(H,29,30). The molecule has 0 spiro atoms. The fraction of sp³-hybridized carbons (Fsp3) is 0.0417. The van der Waals surface area contributed by atoms with E-state index < -0.39 is 0 Å². The second kappa shape index (κ2) is 8.23. The smallest absolute Gasteiger partial charge is 0.127 e. The highest BCUT2D eigenvalue weighted by molar-refractivity contribution is 14.1. The predicted molar refractivity (Wildman–Crippen MR) is 129 cm³/mol. The Balaban J connectivity index is 1.52. The summed E-state index contributed by atoms with van der Waals surface area (Å²) < 4.78 is 1.09. The van der Waals surface area contributed by atoms with Gasteiger partial charge in [-0.25, -0.2) is 4.98 Å². The van der Waals surface area contributed by atoms with Crippen molar-refractivity contribution in [3.05, 3.63) is 94.6 Å². The Bertz CT molecular complexity index is 1310. The summed E-state index contributed by atoms with van der Waals surface area (Å²) in [4.78, 5) is 17.0. The zero-order valence-corrected chi connectivity index (χ0v) is 18.2. The van der Waals surface area contributed by atoms with Crippen LogP contribution in [0.25, 0.3) is 33.4 Å². The van der Waals surface area contributed by atoms with E-state index in [0.29, 0.717) is 6.54 Å². The SMILES string of the molecule is Ic1cncc(-c2cc(NCc3c[nH]c4ccccc34)nc(-c3ccccn3)c2)c1. The average molecular weight is 503 g/mol. The Morgan fingerprint density at radius 1 is 0.900 bits per heavy atom. The number of benzene rings is 1. The maximum atomic E-state index is 4.82. The first-order valence-electron chi connectivity index (χ1n) is 9.59. The molecule has 0 aliphatic heterocycles. The summed E-state index contributed by atoms with van der Waals surface area (Å²) in [7, 11) is 0. The molecule has 0 aliphatic carbocycles. The highest BCUT2D eigenvalue weighted by Crippen LogP contribution is 2.28. The third-order valence-corrected chi connectivity index (χ3v) is 5.52. The minimum absolute atomic E-state index is 0.673. The zero-order valence-electron chi connectivity index (χ0n) is 16.0. The van der Waals surface area contributed by atoms with Crippen molar-refractivity contribution in [1.82, 2.24) is 19.9 Å². The van der Waals surface area contributed by atoms with Gasteiger partial charge >= 0.3 is 0 Å². The number of hydrogen-bond donors (Lipinski definition) is 2. The lowest BCUT2D eigenvalue weighted by molar-refractivity contribution is 1.12. The highest BCUT2D eigenvalue weighted by atomic mass is 127. The molecule has 4 heterocycles. The first kappa shape index (κ1) is 18.7. The molecule has 6 heteroatoms. The van der Waals surface area contributed by atoms with Crippen molar-refractivity contribution in [1.29, 1.82) is 0 Å². The van der Waals surface area contributed by atoms with Gasteiger partial charge in [-0.1, -0.05) is 24.3 Å². The number of rotatable bonds is 5. The van der Waals surface area contributed by atoms with E-state index in [-0.39, 0.29) is 0 Å². The summed E-state index contributed by atoms with van der Waals surface area (Å²) in [6.45, 7) is 0.673. The van der Waals surface area contributed by atoms with E-state index in [1.54, 1.807) is 6.20 Å². The van der Waals surface area contributed by atoms with Crippen LogP contribution in [0.3, 0.4) is 0 Å². The van der Waals surface area contributed by atoms with Crippen LogP contribution in [-0.2, 0) is 6.54 Å². The molecule has 4 aromatic heterocycles. The topological polar surface area (TPSA) is 66.5 Å². The van der Waals surface area contributed by atoms with Gasteiger partial charge in [-0.05, 0) is 70.1 Å². The van der Waals surface area contributed by atoms with Crippen molar-refractivity contribution in [3.8, 4) is 22.5 Å². The molecular weight excluding hydrogens is 485 g/mol. The first-order valence-corrected chi connectivity index (χ1v) is 10.7. The van der Waals surface area contributed by atoms with Crippen molar-refractivity contribution in [2.75, 3.05) is 5.32 Å². The molecule has 5 rings (SSSR count). The minimum atomic E-state index is 0.673. The van der Waals surface area contributed by atoms with Crippen LogP contribution in [-0.4, -0.2) is 19.9 Å². The molecule has 0 radical (unpaired) electrons. The van der Waals surface area contributed by atoms with Crippen LogP contribution >= 0.6 is 22.6 Å². The van der Waals surface area contributed by atoms with Gasteiger partial charge < -0.3 is 10.3 Å². The number of nitrogens with zero attached hydrogens (tertiary/aromatic N) is 3. The van der Waals surface area contributed by atoms with Crippen molar-refractivity contribution in [3.63, 3.8) is 0 Å². The van der Waals surface area contributed by atoms with Gasteiger partial charge in [0, 0.05) is 51.4 Å². The summed E-state index contributed by atoms with van der Waals surface area (Å²) in [5, 5.41) is 4.71. The van der Waals surface area contributed by atoms with Gasteiger partial charge in [0.25, 0.3) is 0 Å². The Labute approximate surface area is 187 Å². The largest absolute Gasteiger partial charge is 0.366 e. The lowest BCUT2D eigenvalue weighted by Gasteiger charge is -2.11. The summed E-state index contributed by atoms with van der Waals surface area (Å²) in [5.74, 6) is 0.803. The summed E-state index contributed by atoms with van der Waals surface area (Å²) >= 11 is 2.28. The van der Waals surface area contributed by atoms with Gasteiger partial charge in [-0.15, -0.1) is 0 Å². The summed E-state index contributed by atoms with van der Waals surface area (Å²) in [6.07, 6.45) is 7.56. The minimum Gasteiger partial charge on any atom is -0.366 e. The van der Waals surface area contributed by atoms with E-state index in [9.17, 15) is 0 Å². The number of aromatic amines is 1. The van der Waals surface area contributed by atoms with Gasteiger partial charge in [0.1, 0.15) is 5.82 Å². The molecule has 1 aromatic carbocycles. The molecule has 0 amide bonds. The number of anilines is 1. The number of para-hydroxylation sites is 1. The third-order valence-electron chi connectivity index (χ3n) is 4.93. The number of aromatic nitrogens is 4. The number of pyridine rings is 3. The number of H-pyrrole nitrogens is 1. The molecule has 30 heavy (non-hydrogen) atoms. The third kappa shape index (κ3) is 3.91. The van der Waals surface area contributed by atoms with Gasteiger partial charge in [-0.2, -0.15) is 0 Å². The van der Waals surface area contributed by atoms with Crippen LogP contribution in [0.5, 0.6) is 0 Å². The maximum Gasteiger partial charge on any atom is 0.127 e. The molecule has 146 valence electrons. The number of hydrogen-bond acceptors (Lipinski definition) is 4. The molecular formula is C24H18IN5. The Morgan fingerprint density at radius 2 is 1.80 bits per heavy atom. The molecule has 0 aliphatic rings. The van der Waals surface area contributed by atoms with Gasteiger partial charge in [0.15, 0.2) is 0 Å². The second-order valence-electron chi connectivity index (χ2n) is 6.95. The molecule has 5 nitrogen and oxygen atoms in total. The predicted octanol–water partition coefficient (Wildman–Crippen LogP) is 5.90. The van der Waals surface area contributed by atoms with Crippen LogP contribution in [0.4, 0.5) is 5.82 Å². The van der Waals surface area contributed by atoms with Crippen LogP contribution in [0.15, 0.2) is 85.5 Å². The maximum absolute atomic E-state index is 4.82. The summed E-state index contributed by atoms with van der Waals surface area (Å²) in [6, 6.07) is 20.4.